The first-order chi connectivity index (χ1) is 29.3. The van der Waals surface area contributed by atoms with Gasteiger partial charge in [-0.25, -0.2) is 0 Å². The van der Waals surface area contributed by atoms with Gasteiger partial charge < -0.3 is 4.90 Å². The molecule has 0 bridgehead atoms. The lowest BCUT2D eigenvalue weighted by Crippen LogP contribution is -2.12. The van der Waals surface area contributed by atoms with Gasteiger partial charge in [0.05, 0.1) is 11.4 Å². The minimum Gasteiger partial charge on any atom is -0.309 e. The Hall–Kier alpha value is -7.74. The van der Waals surface area contributed by atoms with Crippen molar-refractivity contribution in [1.29, 1.82) is 0 Å². The monoisotopic (exact) mass is 751 g/mol. The lowest BCUT2D eigenvalue weighted by molar-refractivity contribution is 1.28. The summed E-state index contributed by atoms with van der Waals surface area (Å²) in [5, 5.41) is 2.49. The van der Waals surface area contributed by atoms with E-state index < -0.39 is 0 Å². The van der Waals surface area contributed by atoms with E-state index in [0.717, 1.165) is 33.8 Å². The van der Waals surface area contributed by atoms with E-state index in [1.807, 2.05) is 0 Å². The summed E-state index contributed by atoms with van der Waals surface area (Å²) in [6.07, 6.45) is 0. The molecule has 10 rings (SSSR count). The standard InChI is InChI=1S/C58H41N/c1-3-17-42(18-4-1)43-33-35-44(36-34-43)45-37-39-50(40-38-45)59(58-32-14-12-29-56(58)55-28-10-9-26-52(55)46-19-5-2-6-20-46)57-31-13-11-27-54(57)49-24-15-23-48(41-49)53-30-16-22-47-21-7-8-25-51(47)53/h1-41H. The van der Waals surface area contributed by atoms with Crippen molar-refractivity contribution in [1.82, 2.24) is 0 Å². The fraction of sp³-hybridized carbons (Fsp3) is 0. The molecule has 0 N–H and O–H groups in total. The molecule has 278 valence electrons. The highest BCUT2D eigenvalue weighted by Crippen LogP contribution is 2.47. The van der Waals surface area contributed by atoms with E-state index in [9.17, 15) is 0 Å². The molecule has 59 heavy (non-hydrogen) atoms. The summed E-state index contributed by atoms with van der Waals surface area (Å²) < 4.78 is 0. The molecular formula is C58H41N. The van der Waals surface area contributed by atoms with Crippen molar-refractivity contribution in [2.75, 3.05) is 4.90 Å². The molecule has 1 nitrogen and oxygen atoms in total. The molecule has 0 fully saturated rings. The highest BCUT2D eigenvalue weighted by atomic mass is 15.1. The molecule has 0 amide bonds. The van der Waals surface area contributed by atoms with E-state index in [1.54, 1.807) is 0 Å². The maximum atomic E-state index is 2.44. The predicted molar refractivity (Wildman–Crippen MR) is 251 cm³/mol. The first kappa shape index (κ1) is 35.7. The summed E-state index contributed by atoms with van der Waals surface area (Å²) in [7, 11) is 0. The van der Waals surface area contributed by atoms with Crippen LogP contribution in [0.1, 0.15) is 0 Å². The Bertz CT molecular complexity index is 3010. The predicted octanol–water partition coefficient (Wildman–Crippen LogP) is 16.3. The van der Waals surface area contributed by atoms with Gasteiger partial charge >= 0.3 is 0 Å². The first-order valence-electron chi connectivity index (χ1n) is 20.3. The van der Waals surface area contributed by atoms with Gasteiger partial charge in [-0.2, -0.15) is 0 Å². The van der Waals surface area contributed by atoms with Crippen LogP contribution < -0.4 is 4.90 Å². The third-order valence-electron chi connectivity index (χ3n) is 11.3. The van der Waals surface area contributed by atoms with Crippen LogP contribution in [0.4, 0.5) is 17.1 Å². The number of para-hydroxylation sites is 2. The van der Waals surface area contributed by atoms with Crippen molar-refractivity contribution in [2.24, 2.45) is 0 Å². The van der Waals surface area contributed by atoms with Crippen molar-refractivity contribution in [2.45, 2.75) is 0 Å². The number of anilines is 3. The summed E-state index contributed by atoms with van der Waals surface area (Å²) >= 11 is 0. The van der Waals surface area contributed by atoms with Crippen LogP contribution in [0.25, 0.3) is 77.5 Å². The average molecular weight is 752 g/mol. The maximum absolute atomic E-state index is 2.44. The van der Waals surface area contributed by atoms with E-state index in [0.29, 0.717) is 0 Å². The highest BCUT2D eigenvalue weighted by Gasteiger charge is 2.22. The lowest BCUT2D eigenvalue weighted by Gasteiger charge is -2.30. The van der Waals surface area contributed by atoms with Crippen LogP contribution in [0.3, 0.4) is 0 Å². The number of hydrogen-bond donors (Lipinski definition) is 0. The summed E-state index contributed by atoms with van der Waals surface area (Å²) in [5.41, 5.74) is 17.6. The largest absolute Gasteiger partial charge is 0.309 e. The molecule has 1 heteroatoms. The number of nitrogens with zero attached hydrogens (tertiary/aromatic N) is 1. The average Bonchev–Trinajstić information content (AvgIpc) is 3.33. The van der Waals surface area contributed by atoms with Crippen LogP contribution in [0.15, 0.2) is 249 Å². The maximum Gasteiger partial charge on any atom is 0.0540 e. The molecule has 10 aromatic carbocycles. The Kier molecular flexibility index (Phi) is 9.68. The van der Waals surface area contributed by atoms with Gasteiger partial charge in [-0.15, -0.1) is 0 Å². The topological polar surface area (TPSA) is 3.24 Å². The Morgan fingerprint density at radius 2 is 0.627 bits per heavy atom. The van der Waals surface area contributed by atoms with Gasteiger partial charge in [0.25, 0.3) is 0 Å². The van der Waals surface area contributed by atoms with Crippen molar-refractivity contribution in [3.8, 4) is 66.8 Å². The van der Waals surface area contributed by atoms with Crippen molar-refractivity contribution in [3.63, 3.8) is 0 Å². The zero-order valence-corrected chi connectivity index (χ0v) is 32.6. The van der Waals surface area contributed by atoms with E-state index in [2.05, 4.69) is 254 Å². The van der Waals surface area contributed by atoms with Crippen LogP contribution in [0.2, 0.25) is 0 Å². The normalized spacial score (nSPS) is 11.1. The van der Waals surface area contributed by atoms with Gasteiger partial charge in [0, 0.05) is 16.8 Å². The number of rotatable bonds is 9. The smallest absolute Gasteiger partial charge is 0.0540 e. The minimum atomic E-state index is 1.08. The van der Waals surface area contributed by atoms with Crippen LogP contribution in [-0.2, 0) is 0 Å². The van der Waals surface area contributed by atoms with Crippen molar-refractivity contribution < 1.29 is 0 Å². The van der Waals surface area contributed by atoms with Crippen molar-refractivity contribution >= 4 is 27.8 Å². The van der Waals surface area contributed by atoms with Crippen molar-refractivity contribution in [3.05, 3.63) is 249 Å². The fourth-order valence-corrected chi connectivity index (χ4v) is 8.42. The lowest BCUT2D eigenvalue weighted by atomic mass is 9.92. The fourth-order valence-electron chi connectivity index (χ4n) is 8.42. The second kappa shape index (κ2) is 16.0. The summed E-state index contributed by atoms with van der Waals surface area (Å²) in [6.45, 7) is 0. The van der Waals surface area contributed by atoms with E-state index >= 15 is 0 Å². The first-order valence-corrected chi connectivity index (χ1v) is 20.3. The second-order valence-corrected chi connectivity index (χ2v) is 14.9. The molecular weight excluding hydrogens is 711 g/mol. The molecule has 0 radical (unpaired) electrons. The molecule has 0 aliphatic carbocycles. The van der Waals surface area contributed by atoms with Gasteiger partial charge in [0.2, 0.25) is 0 Å². The minimum absolute atomic E-state index is 1.08. The zero-order valence-electron chi connectivity index (χ0n) is 32.6. The zero-order chi connectivity index (χ0) is 39.4. The molecule has 0 heterocycles. The van der Waals surface area contributed by atoms with Crippen LogP contribution >= 0.6 is 0 Å². The van der Waals surface area contributed by atoms with Gasteiger partial charge in [-0.3, -0.25) is 0 Å². The summed E-state index contributed by atoms with van der Waals surface area (Å²) in [5.74, 6) is 0. The van der Waals surface area contributed by atoms with Gasteiger partial charge in [0.1, 0.15) is 0 Å². The SMILES string of the molecule is c1ccc(-c2ccc(-c3ccc(N(c4ccccc4-c4cccc(-c5cccc6ccccc56)c4)c4ccccc4-c4ccccc4-c4ccccc4)cc3)cc2)cc1. The van der Waals surface area contributed by atoms with Gasteiger partial charge in [-0.1, -0.05) is 218 Å². The Morgan fingerprint density at radius 3 is 1.31 bits per heavy atom. The van der Waals surface area contributed by atoms with Gasteiger partial charge in [-0.05, 0) is 96.7 Å². The number of fused-ring (bicyclic) bond motifs is 1. The highest BCUT2D eigenvalue weighted by molar-refractivity contribution is 5.99. The third kappa shape index (κ3) is 7.12. The Balaban J connectivity index is 1.12. The van der Waals surface area contributed by atoms with E-state index in [-0.39, 0.29) is 0 Å². The van der Waals surface area contributed by atoms with Crippen LogP contribution in [0.5, 0.6) is 0 Å². The quantitative estimate of drug-likeness (QED) is 0.142. The molecule has 0 atom stereocenters. The molecule has 0 saturated heterocycles. The number of hydrogen-bond acceptors (Lipinski definition) is 1. The molecule has 0 aromatic heterocycles. The molecule has 0 saturated carbocycles. The molecule has 10 aromatic rings. The third-order valence-corrected chi connectivity index (χ3v) is 11.3. The summed E-state index contributed by atoms with van der Waals surface area (Å²) in [6, 6.07) is 89.8. The van der Waals surface area contributed by atoms with E-state index in [1.165, 1.54) is 60.8 Å². The van der Waals surface area contributed by atoms with Crippen LogP contribution in [-0.4, -0.2) is 0 Å². The van der Waals surface area contributed by atoms with Gasteiger partial charge in [0.15, 0.2) is 0 Å². The Morgan fingerprint density at radius 1 is 0.220 bits per heavy atom. The molecule has 0 aliphatic rings. The molecule has 0 unspecified atom stereocenters. The second-order valence-electron chi connectivity index (χ2n) is 14.9. The Labute approximate surface area is 346 Å². The molecule has 0 aliphatic heterocycles. The van der Waals surface area contributed by atoms with E-state index in [4.69, 9.17) is 0 Å². The summed E-state index contributed by atoms with van der Waals surface area (Å²) in [4.78, 5) is 2.44. The number of benzene rings is 10. The molecule has 0 spiro atoms. The van der Waals surface area contributed by atoms with Crippen LogP contribution in [0, 0.1) is 0 Å².